The molecule has 0 aliphatic rings. The van der Waals surface area contributed by atoms with Gasteiger partial charge in [-0.15, -0.1) is 0 Å². The number of rotatable bonds is 9. The fourth-order valence-corrected chi connectivity index (χ4v) is 2.36. The van der Waals surface area contributed by atoms with E-state index >= 15 is 0 Å². The van der Waals surface area contributed by atoms with Crippen molar-refractivity contribution < 1.29 is 14.3 Å². The molecular formula is C19H25N3O3. The Balaban J connectivity index is 2.05. The van der Waals surface area contributed by atoms with Gasteiger partial charge in [0.05, 0.1) is 19.9 Å². The van der Waals surface area contributed by atoms with Gasteiger partial charge in [0.2, 0.25) is 0 Å². The van der Waals surface area contributed by atoms with E-state index in [1.807, 2.05) is 6.07 Å². The average Bonchev–Trinajstić information content (AvgIpc) is 2.65. The Bertz CT molecular complexity index is 704. The molecule has 0 unspecified atom stereocenters. The zero-order valence-corrected chi connectivity index (χ0v) is 15.0. The van der Waals surface area contributed by atoms with Crippen molar-refractivity contribution in [3.05, 3.63) is 42.2 Å². The zero-order valence-electron chi connectivity index (χ0n) is 15.0. The van der Waals surface area contributed by atoms with Crippen LogP contribution >= 0.6 is 0 Å². The van der Waals surface area contributed by atoms with E-state index in [1.165, 1.54) is 12.8 Å². The van der Waals surface area contributed by atoms with Gasteiger partial charge in [0.25, 0.3) is 5.91 Å². The summed E-state index contributed by atoms with van der Waals surface area (Å²) in [7, 11) is 3.12. The fraction of sp³-hybridized carbons (Fsp3) is 0.368. The van der Waals surface area contributed by atoms with E-state index in [-0.39, 0.29) is 5.91 Å². The van der Waals surface area contributed by atoms with Gasteiger partial charge in [-0.3, -0.25) is 9.78 Å². The number of nitrogens with zero attached hydrogens (tertiary/aromatic N) is 1. The summed E-state index contributed by atoms with van der Waals surface area (Å²) in [5.74, 6) is 0.897. The third-order valence-corrected chi connectivity index (χ3v) is 3.76. The van der Waals surface area contributed by atoms with E-state index < -0.39 is 0 Å². The zero-order chi connectivity index (χ0) is 18.1. The minimum absolute atomic E-state index is 0.291. The van der Waals surface area contributed by atoms with Crippen molar-refractivity contribution in [2.75, 3.05) is 31.4 Å². The van der Waals surface area contributed by atoms with Crippen LogP contribution in [0, 0.1) is 0 Å². The summed E-state index contributed by atoms with van der Waals surface area (Å²) in [5.41, 5.74) is 1.80. The largest absolute Gasteiger partial charge is 0.497 e. The summed E-state index contributed by atoms with van der Waals surface area (Å²) >= 11 is 0. The van der Waals surface area contributed by atoms with Crippen LogP contribution in [0.25, 0.3) is 0 Å². The van der Waals surface area contributed by atoms with Gasteiger partial charge in [0, 0.05) is 24.5 Å². The lowest BCUT2D eigenvalue weighted by Gasteiger charge is -2.12. The minimum atomic E-state index is -0.291. The number of carbonyl (C=O) groups is 1. The van der Waals surface area contributed by atoms with E-state index in [4.69, 9.17) is 9.47 Å². The molecule has 0 aliphatic heterocycles. The molecule has 0 atom stereocenters. The predicted octanol–water partition coefficient (Wildman–Crippen LogP) is 3.95. The van der Waals surface area contributed by atoms with Crippen LogP contribution in [0.1, 0.15) is 36.7 Å². The molecule has 6 nitrogen and oxygen atoms in total. The Kier molecular flexibility index (Phi) is 7.07. The first-order valence-electron chi connectivity index (χ1n) is 8.41. The molecule has 2 N–H and O–H groups in total. The molecule has 6 heteroatoms. The molecule has 0 bridgehead atoms. The Hall–Kier alpha value is -2.76. The van der Waals surface area contributed by atoms with E-state index in [9.17, 15) is 4.79 Å². The molecule has 25 heavy (non-hydrogen) atoms. The Morgan fingerprint density at radius 2 is 1.96 bits per heavy atom. The molecule has 0 aliphatic carbocycles. The second-order valence-corrected chi connectivity index (χ2v) is 5.58. The topological polar surface area (TPSA) is 72.5 Å². The number of hydrogen-bond donors (Lipinski definition) is 2. The maximum absolute atomic E-state index is 12.5. The van der Waals surface area contributed by atoms with Gasteiger partial charge in [-0.2, -0.15) is 0 Å². The number of amides is 1. The summed E-state index contributed by atoms with van der Waals surface area (Å²) in [6, 6.07) is 8.82. The third kappa shape index (κ3) is 5.38. The van der Waals surface area contributed by atoms with Crippen LogP contribution in [0.2, 0.25) is 0 Å². The highest BCUT2D eigenvalue weighted by atomic mass is 16.5. The number of carbonyl (C=O) groups excluding carboxylic acids is 1. The van der Waals surface area contributed by atoms with Gasteiger partial charge in [0.1, 0.15) is 17.2 Å². The normalized spacial score (nSPS) is 10.2. The molecule has 134 valence electrons. The molecule has 0 saturated carbocycles. The number of methoxy groups -OCH3 is 2. The molecule has 2 rings (SSSR count). The fourth-order valence-electron chi connectivity index (χ4n) is 2.36. The number of unbranched alkanes of at least 4 members (excludes halogenated alkanes) is 2. The quantitative estimate of drug-likeness (QED) is 0.675. The van der Waals surface area contributed by atoms with Gasteiger partial charge >= 0.3 is 0 Å². The number of hydrogen-bond acceptors (Lipinski definition) is 5. The first kappa shape index (κ1) is 18.6. The van der Waals surface area contributed by atoms with Crippen molar-refractivity contribution in [3.8, 4) is 11.5 Å². The smallest absolute Gasteiger partial charge is 0.274 e. The van der Waals surface area contributed by atoms with Gasteiger partial charge in [-0.25, -0.2) is 0 Å². The van der Waals surface area contributed by atoms with Crippen molar-refractivity contribution in [1.29, 1.82) is 0 Å². The summed E-state index contributed by atoms with van der Waals surface area (Å²) < 4.78 is 10.5. The minimum Gasteiger partial charge on any atom is -0.497 e. The average molecular weight is 343 g/mol. The second-order valence-electron chi connectivity index (χ2n) is 5.58. The highest BCUT2D eigenvalue weighted by molar-refractivity contribution is 6.04. The third-order valence-electron chi connectivity index (χ3n) is 3.76. The summed E-state index contributed by atoms with van der Waals surface area (Å²) in [6.45, 7) is 3.05. The first-order chi connectivity index (χ1) is 12.2. The SMILES string of the molecule is CCCCCNc1ccnc(C(=O)Nc2ccc(OC)cc2OC)c1. The molecule has 0 spiro atoms. The maximum atomic E-state index is 12.5. The standard InChI is InChI=1S/C19H25N3O3/c1-4-5-6-10-20-14-9-11-21-17(12-14)19(23)22-16-8-7-15(24-2)13-18(16)25-3/h7-9,11-13H,4-6,10H2,1-3H3,(H,20,21)(H,22,23). The Labute approximate surface area is 148 Å². The molecule has 1 amide bonds. The molecule has 2 aromatic rings. The van der Waals surface area contributed by atoms with E-state index in [1.54, 1.807) is 44.7 Å². The second kappa shape index (κ2) is 9.52. The van der Waals surface area contributed by atoms with Gasteiger partial charge in [-0.1, -0.05) is 19.8 Å². The number of ether oxygens (including phenoxy) is 2. The van der Waals surface area contributed by atoms with Gasteiger partial charge < -0.3 is 20.1 Å². The van der Waals surface area contributed by atoms with E-state index in [0.717, 1.165) is 18.7 Å². The Morgan fingerprint density at radius 1 is 1.12 bits per heavy atom. The van der Waals surface area contributed by atoms with Crippen LogP contribution in [0.15, 0.2) is 36.5 Å². The number of pyridine rings is 1. The molecule has 0 saturated heterocycles. The predicted molar refractivity (Wildman–Crippen MR) is 99.8 cm³/mol. The van der Waals surface area contributed by atoms with Crippen LogP contribution in [0.5, 0.6) is 11.5 Å². The lowest BCUT2D eigenvalue weighted by atomic mass is 10.2. The van der Waals surface area contributed by atoms with Crippen molar-refractivity contribution in [2.24, 2.45) is 0 Å². The highest BCUT2D eigenvalue weighted by Crippen LogP contribution is 2.29. The molecule has 1 aromatic carbocycles. The highest BCUT2D eigenvalue weighted by Gasteiger charge is 2.12. The number of anilines is 2. The van der Waals surface area contributed by atoms with Crippen LogP contribution < -0.4 is 20.1 Å². The van der Waals surface area contributed by atoms with Crippen LogP contribution in [0.4, 0.5) is 11.4 Å². The lowest BCUT2D eigenvalue weighted by molar-refractivity contribution is 0.102. The van der Waals surface area contributed by atoms with Crippen molar-refractivity contribution >= 4 is 17.3 Å². The summed E-state index contributed by atoms with van der Waals surface area (Å²) in [5, 5.41) is 6.14. The monoisotopic (exact) mass is 343 g/mol. The van der Waals surface area contributed by atoms with Crippen molar-refractivity contribution in [3.63, 3.8) is 0 Å². The van der Waals surface area contributed by atoms with Crippen LogP contribution in [-0.2, 0) is 0 Å². The lowest BCUT2D eigenvalue weighted by Crippen LogP contribution is -2.15. The van der Waals surface area contributed by atoms with Gasteiger partial charge in [-0.05, 0) is 30.7 Å². The molecule has 1 aromatic heterocycles. The number of aromatic nitrogens is 1. The maximum Gasteiger partial charge on any atom is 0.274 e. The molecule has 1 heterocycles. The Morgan fingerprint density at radius 3 is 2.68 bits per heavy atom. The van der Waals surface area contributed by atoms with Crippen LogP contribution in [0.3, 0.4) is 0 Å². The summed E-state index contributed by atoms with van der Waals surface area (Å²) in [4.78, 5) is 16.6. The number of nitrogens with one attached hydrogen (secondary N) is 2. The number of benzene rings is 1. The molecular weight excluding hydrogens is 318 g/mol. The van der Waals surface area contributed by atoms with E-state index in [0.29, 0.717) is 22.9 Å². The molecule has 0 fully saturated rings. The van der Waals surface area contributed by atoms with Crippen molar-refractivity contribution in [2.45, 2.75) is 26.2 Å². The van der Waals surface area contributed by atoms with Crippen molar-refractivity contribution in [1.82, 2.24) is 4.98 Å². The van der Waals surface area contributed by atoms with Crippen LogP contribution in [-0.4, -0.2) is 31.7 Å². The van der Waals surface area contributed by atoms with Gasteiger partial charge in [0.15, 0.2) is 0 Å². The molecule has 0 radical (unpaired) electrons. The van der Waals surface area contributed by atoms with E-state index in [2.05, 4.69) is 22.5 Å². The summed E-state index contributed by atoms with van der Waals surface area (Å²) in [6.07, 6.45) is 5.09. The first-order valence-corrected chi connectivity index (χ1v) is 8.41.